The van der Waals surface area contributed by atoms with Gasteiger partial charge in [-0.15, -0.1) is 0 Å². The number of piperazine rings is 1. The van der Waals surface area contributed by atoms with Gasteiger partial charge >= 0.3 is 0 Å². The third-order valence-electron chi connectivity index (χ3n) is 4.85. The number of pyridine rings is 1. The monoisotopic (exact) mass is 413 g/mol. The quantitative estimate of drug-likeness (QED) is 0.593. The van der Waals surface area contributed by atoms with Gasteiger partial charge in [-0.25, -0.2) is 4.98 Å². The van der Waals surface area contributed by atoms with Crippen LogP contribution in [-0.2, 0) is 0 Å². The lowest BCUT2D eigenvalue weighted by Crippen LogP contribution is -2.50. The van der Waals surface area contributed by atoms with Crippen LogP contribution in [0.4, 0.5) is 0 Å². The van der Waals surface area contributed by atoms with Crippen LogP contribution in [0.15, 0.2) is 54.6 Å². The van der Waals surface area contributed by atoms with Crippen molar-refractivity contribution in [3.8, 4) is 0 Å². The fraction of sp³-hybridized carbons (Fsp3) is 0.190. The number of fused-ring (bicyclic) bond motifs is 1. The van der Waals surface area contributed by atoms with Crippen molar-refractivity contribution in [2.24, 2.45) is 0 Å². The van der Waals surface area contributed by atoms with Crippen molar-refractivity contribution in [3.05, 3.63) is 75.9 Å². The fourth-order valence-electron chi connectivity index (χ4n) is 3.30. The van der Waals surface area contributed by atoms with Gasteiger partial charge in [0, 0.05) is 47.7 Å². The molecule has 28 heavy (non-hydrogen) atoms. The molecule has 0 unspecified atom stereocenters. The Kier molecular flexibility index (Phi) is 5.20. The second kappa shape index (κ2) is 7.78. The molecule has 0 N–H and O–H groups in total. The molecule has 1 saturated heterocycles. The first kappa shape index (κ1) is 18.7. The zero-order valence-corrected chi connectivity index (χ0v) is 16.5. The van der Waals surface area contributed by atoms with E-state index >= 15 is 0 Å². The molecule has 0 atom stereocenters. The lowest BCUT2D eigenvalue weighted by Gasteiger charge is -2.35. The molecule has 0 bridgehead atoms. The summed E-state index contributed by atoms with van der Waals surface area (Å²) in [5.41, 5.74) is 1.96. The number of nitrogens with zero attached hydrogens (tertiary/aromatic N) is 3. The van der Waals surface area contributed by atoms with Crippen molar-refractivity contribution in [1.29, 1.82) is 0 Å². The van der Waals surface area contributed by atoms with Crippen molar-refractivity contribution in [2.75, 3.05) is 26.2 Å². The highest BCUT2D eigenvalue weighted by Gasteiger charge is 2.25. The molecule has 0 radical (unpaired) electrons. The molecule has 4 rings (SSSR count). The van der Waals surface area contributed by atoms with Crippen LogP contribution in [0, 0.1) is 0 Å². The number of carbonyl (C=O) groups is 2. The molecule has 5 nitrogen and oxygen atoms in total. The summed E-state index contributed by atoms with van der Waals surface area (Å²) in [6.45, 7) is 1.99. The number of rotatable bonds is 2. The number of hydrogen-bond donors (Lipinski definition) is 0. The Morgan fingerprint density at radius 1 is 0.750 bits per heavy atom. The molecular weight excluding hydrogens is 397 g/mol. The minimum atomic E-state index is -0.0459. The third-order valence-corrected chi connectivity index (χ3v) is 5.31. The lowest BCUT2D eigenvalue weighted by atomic mass is 10.1. The summed E-state index contributed by atoms with van der Waals surface area (Å²) in [6, 6.07) is 15.8. The van der Waals surface area contributed by atoms with Crippen LogP contribution >= 0.6 is 23.2 Å². The molecule has 0 spiro atoms. The van der Waals surface area contributed by atoms with E-state index < -0.39 is 0 Å². The molecule has 2 aromatic carbocycles. The molecule has 3 aromatic rings. The molecule has 2 heterocycles. The Morgan fingerprint density at radius 3 is 1.96 bits per heavy atom. The number of halogens is 2. The molecule has 0 aliphatic carbocycles. The smallest absolute Gasteiger partial charge is 0.253 e. The van der Waals surface area contributed by atoms with Gasteiger partial charge < -0.3 is 9.80 Å². The second-order valence-corrected chi connectivity index (χ2v) is 7.46. The van der Waals surface area contributed by atoms with Crippen molar-refractivity contribution < 1.29 is 9.59 Å². The zero-order chi connectivity index (χ0) is 19.7. The summed E-state index contributed by atoms with van der Waals surface area (Å²) in [6.07, 6.45) is 0. The normalized spacial score (nSPS) is 14.4. The van der Waals surface area contributed by atoms with Crippen LogP contribution in [0.25, 0.3) is 10.9 Å². The summed E-state index contributed by atoms with van der Waals surface area (Å²) in [5, 5.41) is 1.89. The fourth-order valence-corrected chi connectivity index (χ4v) is 3.58. The molecule has 1 aromatic heterocycles. The molecule has 142 valence electrons. The summed E-state index contributed by atoms with van der Waals surface area (Å²) >= 11 is 11.8. The summed E-state index contributed by atoms with van der Waals surface area (Å²) in [5.74, 6) is -0.0899. The van der Waals surface area contributed by atoms with Crippen LogP contribution in [0.1, 0.15) is 20.7 Å². The standard InChI is InChI=1S/C21H17Cl2N3O2/c22-17-5-1-14(2-6-17)20(27)25-9-11-26(12-10-25)21(28)16-3-7-18-15(13-16)4-8-19(23)24-18/h1-8,13H,9-12H2. The van der Waals surface area contributed by atoms with Crippen LogP contribution in [0.2, 0.25) is 10.2 Å². The Morgan fingerprint density at radius 2 is 1.32 bits per heavy atom. The molecule has 0 saturated carbocycles. The zero-order valence-electron chi connectivity index (χ0n) is 14.9. The van der Waals surface area contributed by atoms with Crippen molar-refractivity contribution in [3.63, 3.8) is 0 Å². The predicted molar refractivity (Wildman–Crippen MR) is 110 cm³/mol. The van der Waals surface area contributed by atoms with Crippen LogP contribution in [0.5, 0.6) is 0 Å². The minimum absolute atomic E-state index is 0.0441. The largest absolute Gasteiger partial charge is 0.335 e. The van der Waals surface area contributed by atoms with Crippen LogP contribution in [-0.4, -0.2) is 52.8 Å². The lowest BCUT2D eigenvalue weighted by molar-refractivity contribution is 0.0535. The molecule has 1 fully saturated rings. The van der Waals surface area contributed by atoms with E-state index in [0.29, 0.717) is 47.5 Å². The van der Waals surface area contributed by atoms with E-state index in [2.05, 4.69) is 4.98 Å². The number of hydrogen-bond acceptors (Lipinski definition) is 3. The maximum absolute atomic E-state index is 12.9. The Hall–Kier alpha value is -2.63. The Bertz CT molecular complexity index is 1050. The highest BCUT2D eigenvalue weighted by Crippen LogP contribution is 2.19. The molecule has 1 aliphatic heterocycles. The van der Waals surface area contributed by atoms with Gasteiger partial charge in [0.2, 0.25) is 0 Å². The van der Waals surface area contributed by atoms with Gasteiger partial charge in [-0.1, -0.05) is 23.2 Å². The first-order valence-electron chi connectivity index (χ1n) is 8.92. The molecular formula is C21H17Cl2N3O2. The molecule has 7 heteroatoms. The van der Waals surface area contributed by atoms with Gasteiger partial charge in [0.1, 0.15) is 5.15 Å². The SMILES string of the molecule is O=C(c1ccc(Cl)cc1)N1CCN(C(=O)c2ccc3nc(Cl)ccc3c2)CC1. The first-order chi connectivity index (χ1) is 13.5. The molecule has 1 aliphatic rings. The Balaban J connectivity index is 1.43. The maximum Gasteiger partial charge on any atom is 0.253 e. The molecule has 2 amide bonds. The average molecular weight is 414 g/mol. The topological polar surface area (TPSA) is 53.5 Å². The first-order valence-corrected chi connectivity index (χ1v) is 9.67. The van der Waals surface area contributed by atoms with Crippen LogP contribution < -0.4 is 0 Å². The van der Waals surface area contributed by atoms with E-state index in [1.165, 1.54) is 0 Å². The third kappa shape index (κ3) is 3.81. The predicted octanol–water partition coefficient (Wildman–Crippen LogP) is 4.14. The van der Waals surface area contributed by atoms with E-state index in [1.54, 1.807) is 52.3 Å². The van der Waals surface area contributed by atoms with Crippen molar-refractivity contribution >= 4 is 45.9 Å². The van der Waals surface area contributed by atoms with E-state index in [1.807, 2.05) is 12.1 Å². The van der Waals surface area contributed by atoms with Crippen LogP contribution in [0.3, 0.4) is 0 Å². The minimum Gasteiger partial charge on any atom is -0.335 e. The van der Waals surface area contributed by atoms with E-state index in [-0.39, 0.29) is 11.8 Å². The number of benzene rings is 2. The van der Waals surface area contributed by atoms with Crippen molar-refractivity contribution in [1.82, 2.24) is 14.8 Å². The van der Waals surface area contributed by atoms with Gasteiger partial charge in [0.15, 0.2) is 0 Å². The van der Waals surface area contributed by atoms with Crippen molar-refractivity contribution in [2.45, 2.75) is 0 Å². The highest BCUT2D eigenvalue weighted by atomic mass is 35.5. The van der Waals surface area contributed by atoms with Gasteiger partial charge in [-0.2, -0.15) is 0 Å². The summed E-state index contributed by atoms with van der Waals surface area (Å²) in [4.78, 5) is 33.2. The number of amides is 2. The number of carbonyl (C=O) groups excluding carboxylic acids is 2. The van der Waals surface area contributed by atoms with E-state index in [9.17, 15) is 9.59 Å². The van der Waals surface area contributed by atoms with Gasteiger partial charge in [0.25, 0.3) is 11.8 Å². The number of aromatic nitrogens is 1. The van der Waals surface area contributed by atoms with E-state index in [0.717, 1.165) is 10.9 Å². The van der Waals surface area contributed by atoms with Gasteiger partial charge in [-0.05, 0) is 54.6 Å². The summed E-state index contributed by atoms with van der Waals surface area (Å²) in [7, 11) is 0. The van der Waals surface area contributed by atoms with Gasteiger partial charge in [0.05, 0.1) is 5.52 Å². The second-order valence-electron chi connectivity index (χ2n) is 6.63. The summed E-state index contributed by atoms with van der Waals surface area (Å²) < 4.78 is 0. The highest BCUT2D eigenvalue weighted by molar-refractivity contribution is 6.30. The van der Waals surface area contributed by atoms with E-state index in [4.69, 9.17) is 23.2 Å². The maximum atomic E-state index is 12.9. The van der Waals surface area contributed by atoms with Gasteiger partial charge in [-0.3, -0.25) is 9.59 Å². The average Bonchev–Trinajstić information content (AvgIpc) is 2.73. The Labute approximate surface area is 172 Å².